The van der Waals surface area contributed by atoms with E-state index >= 15 is 0 Å². The molecular formula is C40H25N3O. The molecule has 206 valence electrons. The first kappa shape index (κ1) is 24.6. The van der Waals surface area contributed by atoms with Crippen molar-refractivity contribution < 1.29 is 4.42 Å². The molecule has 0 fully saturated rings. The highest BCUT2D eigenvalue weighted by Crippen LogP contribution is 2.35. The van der Waals surface area contributed by atoms with Crippen LogP contribution in [0.5, 0.6) is 0 Å². The Morgan fingerprint density at radius 1 is 0.386 bits per heavy atom. The summed E-state index contributed by atoms with van der Waals surface area (Å²) in [5.74, 6) is 0.651. The van der Waals surface area contributed by atoms with Crippen LogP contribution in [0.4, 0.5) is 0 Å². The Hall–Kier alpha value is -6.00. The maximum absolute atomic E-state index is 6.15. The van der Waals surface area contributed by atoms with E-state index in [2.05, 4.69) is 120 Å². The van der Waals surface area contributed by atoms with Crippen LogP contribution in [-0.2, 0) is 0 Å². The average Bonchev–Trinajstić information content (AvgIpc) is 3.64. The Morgan fingerprint density at radius 2 is 0.909 bits per heavy atom. The summed E-state index contributed by atoms with van der Waals surface area (Å²) < 4.78 is 8.33. The van der Waals surface area contributed by atoms with Crippen LogP contribution in [0.25, 0.3) is 83.3 Å². The minimum atomic E-state index is 0.651. The zero-order valence-corrected chi connectivity index (χ0v) is 23.7. The minimum Gasteiger partial charge on any atom is -0.456 e. The van der Waals surface area contributed by atoms with Crippen molar-refractivity contribution in [2.45, 2.75) is 0 Å². The number of hydrogen-bond acceptors (Lipinski definition) is 3. The Balaban J connectivity index is 1.19. The van der Waals surface area contributed by atoms with Gasteiger partial charge in [-0.1, -0.05) is 115 Å². The highest BCUT2D eigenvalue weighted by Gasteiger charge is 2.17. The molecular weight excluding hydrogens is 538 g/mol. The maximum atomic E-state index is 6.15. The van der Waals surface area contributed by atoms with E-state index in [1.165, 1.54) is 10.8 Å². The molecule has 0 N–H and O–H groups in total. The average molecular weight is 564 g/mol. The normalized spacial score (nSPS) is 11.6. The fourth-order valence-electron chi connectivity index (χ4n) is 6.32. The van der Waals surface area contributed by atoms with E-state index in [4.69, 9.17) is 14.4 Å². The van der Waals surface area contributed by atoms with E-state index < -0.39 is 0 Å². The number of hydrogen-bond donors (Lipinski definition) is 0. The first-order valence-electron chi connectivity index (χ1n) is 14.8. The largest absolute Gasteiger partial charge is 0.456 e. The third-order valence-electron chi connectivity index (χ3n) is 8.46. The van der Waals surface area contributed by atoms with Crippen LogP contribution in [0.2, 0.25) is 0 Å². The molecule has 4 heteroatoms. The zero-order valence-electron chi connectivity index (χ0n) is 23.7. The van der Waals surface area contributed by atoms with Gasteiger partial charge in [-0.25, -0.2) is 9.97 Å². The van der Waals surface area contributed by atoms with Gasteiger partial charge in [-0.15, -0.1) is 0 Å². The lowest BCUT2D eigenvalue weighted by Crippen LogP contribution is -2.03. The summed E-state index contributed by atoms with van der Waals surface area (Å²) in [6, 6.07) is 52.5. The van der Waals surface area contributed by atoms with Gasteiger partial charge in [0.05, 0.1) is 22.4 Å². The molecule has 0 aliphatic carbocycles. The van der Waals surface area contributed by atoms with Gasteiger partial charge >= 0.3 is 0 Å². The molecule has 3 aromatic heterocycles. The highest BCUT2D eigenvalue weighted by atomic mass is 16.3. The number of para-hydroxylation sites is 3. The van der Waals surface area contributed by atoms with Gasteiger partial charge in [0.2, 0.25) is 5.95 Å². The number of furan rings is 1. The maximum Gasteiger partial charge on any atom is 0.235 e. The summed E-state index contributed by atoms with van der Waals surface area (Å²) in [5.41, 5.74) is 10.0. The molecule has 3 heterocycles. The Bertz CT molecular complexity index is 2430. The predicted molar refractivity (Wildman–Crippen MR) is 180 cm³/mol. The lowest BCUT2D eigenvalue weighted by molar-refractivity contribution is 0.669. The van der Waals surface area contributed by atoms with E-state index in [9.17, 15) is 0 Å². The van der Waals surface area contributed by atoms with E-state index in [0.717, 1.165) is 66.6 Å². The van der Waals surface area contributed by atoms with Crippen LogP contribution in [-0.4, -0.2) is 14.5 Å². The lowest BCUT2D eigenvalue weighted by Gasteiger charge is -2.12. The van der Waals surface area contributed by atoms with Crippen molar-refractivity contribution in [2.24, 2.45) is 0 Å². The van der Waals surface area contributed by atoms with Gasteiger partial charge in [0.1, 0.15) is 11.2 Å². The zero-order chi connectivity index (χ0) is 29.0. The topological polar surface area (TPSA) is 43.9 Å². The van der Waals surface area contributed by atoms with Gasteiger partial charge in [0, 0.05) is 32.7 Å². The number of nitrogens with zero attached hydrogens (tertiary/aromatic N) is 3. The number of aromatic nitrogens is 3. The molecule has 0 amide bonds. The number of benzene rings is 6. The molecule has 9 rings (SSSR count). The Labute approximate surface area is 253 Å². The fraction of sp³-hybridized carbons (Fsp3) is 0. The standard InChI is InChI=1S/C40H25N3O/c1-2-10-27(11-3-1)34-25-35(42-40(41-34)43-36-15-7-4-12-30(36)31-13-5-8-16-37(31)43)28-20-18-26(19-21-28)29-22-23-33-32-14-6-9-17-38(32)44-39(33)24-29/h1-25H. The van der Waals surface area contributed by atoms with Crippen molar-refractivity contribution in [2.75, 3.05) is 0 Å². The summed E-state index contributed by atoms with van der Waals surface area (Å²) >= 11 is 0. The van der Waals surface area contributed by atoms with Gasteiger partial charge < -0.3 is 4.42 Å². The molecule has 0 aliphatic rings. The van der Waals surface area contributed by atoms with Crippen LogP contribution in [0, 0.1) is 0 Å². The molecule has 9 aromatic rings. The molecule has 0 saturated carbocycles. The van der Waals surface area contributed by atoms with Crippen molar-refractivity contribution in [1.82, 2.24) is 14.5 Å². The summed E-state index contributed by atoms with van der Waals surface area (Å²) in [6.07, 6.45) is 0. The van der Waals surface area contributed by atoms with Gasteiger partial charge in [0.15, 0.2) is 0 Å². The van der Waals surface area contributed by atoms with Crippen molar-refractivity contribution in [3.05, 3.63) is 152 Å². The quantitative estimate of drug-likeness (QED) is 0.214. The Morgan fingerprint density at radius 3 is 1.61 bits per heavy atom. The molecule has 44 heavy (non-hydrogen) atoms. The van der Waals surface area contributed by atoms with E-state index in [-0.39, 0.29) is 0 Å². The van der Waals surface area contributed by atoms with Gasteiger partial charge in [-0.05, 0) is 47.5 Å². The monoisotopic (exact) mass is 563 g/mol. The second kappa shape index (κ2) is 9.79. The van der Waals surface area contributed by atoms with Crippen LogP contribution in [0.1, 0.15) is 0 Å². The summed E-state index contributed by atoms with van der Waals surface area (Å²) in [4.78, 5) is 10.3. The van der Waals surface area contributed by atoms with Crippen LogP contribution < -0.4 is 0 Å². The second-order valence-corrected chi connectivity index (χ2v) is 11.1. The summed E-state index contributed by atoms with van der Waals surface area (Å²) in [5, 5.41) is 4.64. The molecule has 0 radical (unpaired) electrons. The lowest BCUT2D eigenvalue weighted by atomic mass is 10.0. The van der Waals surface area contributed by atoms with Gasteiger partial charge in [0.25, 0.3) is 0 Å². The highest BCUT2D eigenvalue weighted by molar-refractivity contribution is 6.09. The van der Waals surface area contributed by atoms with Crippen molar-refractivity contribution in [3.8, 4) is 39.6 Å². The molecule has 0 atom stereocenters. The smallest absolute Gasteiger partial charge is 0.235 e. The third-order valence-corrected chi connectivity index (χ3v) is 8.46. The van der Waals surface area contributed by atoms with Crippen molar-refractivity contribution >= 4 is 43.7 Å². The first-order chi connectivity index (χ1) is 21.8. The van der Waals surface area contributed by atoms with E-state index in [0.29, 0.717) is 5.95 Å². The fourth-order valence-corrected chi connectivity index (χ4v) is 6.32. The first-order valence-corrected chi connectivity index (χ1v) is 14.8. The SMILES string of the molecule is c1ccc(-c2cc(-c3ccc(-c4ccc5c(c4)oc4ccccc45)cc3)nc(-n3c4ccccc4c4ccccc43)n2)cc1. The summed E-state index contributed by atoms with van der Waals surface area (Å²) in [7, 11) is 0. The molecule has 4 nitrogen and oxygen atoms in total. The van der Waals surface area contributed by atoms with E-state index in [1.54, 1.807) is 0 Å². The third kappa shape index (κ3) is 3.92. The number of rotatable bonds is 4. The predicted octanol–water partition coefficient (Wildman–Crippen LogP) is 10.5. The molecule has 0 bridgehead atoms. The van der Waals surface area contributed by atoms with Crippen LogP contribution in [0.15, 0.2) is 156 Å². The number of fused-ring (bicyclic) bond motifs is 6. The van der Waals surface area contributed by atoms with Crippen molar-refractivity contribution in [1.29, 1.82) is 0 Å². The van der Waals surface area contributed by atoms with Gasteiger partial charge in [-0.2, -0.15) is 0 Å². The molecule has 0 saturated heterocycles. The molecule has 0 aliphatic heterocycles. The minimum absolute atomic E-state index is 0.651. The van der Waals surface area contributed by atoms with Crippen LogP contribution in [0.3, 0.4) is 0 Å². The van der Waals surface area contributed by atoms with Crippen LogP contribution >= 0.6 is 0 Å². The Kier molecular flexibility index (Phi) is 5.47. The molecule has 0 unspecified atom stereocenters. The van der Waals surface area contributed by atoms with E-state index in [1.807, 2.05) is 36.4 Å². The van der Waals surface area contributed by atoms with Crippen molar-refractivity contribution in [3.63, 3.8) is 0 Å². The van der Waals surface area contributed by atoms with Gasteiger partial charge in [-0.3, -0.25) is 4.57 Å². The summed E-state index contributed by atoms with van der Waals surface area (Å²) in [6.45, 7) is 0. The molecule has 0 spiro atoms. The molecule has 6 aromatic carbocycles. The second-order valence-electron chi connectivity index (χ2n) is 11.1.